The normalized spacial score (nSPS) is 13.4. The first-order valence-electron chi connectivity index (χ1n) is 15.2. The lowest BCUT2D eigenvalue weighted by Gasteiger charge is -2.37. The van der Waals surface area contributed by atoms with Gasteiger partial charge in [-0.15, -0.1) is 0 Å². The Balaban J connectivity index is 1.38. The van der Waals surface area contributed by atoms with Gasteiger partial charge in [-0.1, -0.05) is 84.9 Å². The Kier molecular flexibility index (Phi) is 3.55. The minimum absolute atomic E-state index is 0.0866. The van der Waals surface area contributed by atoms with Crippen LogP contribution in [0.4, 0.5) is 0 Å². The minimum atomic E-state index is 0.0866. The van der Waals surface area contributed by atoms with Crippen molar-refractivity contribution < 1.29 is 0 Å². The van der Waals surface area contributed by atoms with Crippen LogP contribution in [0, 0.1) is 0 Å². The fourth-order valence-electron chi connectivity index (χ4n) is 8.60. The largest absolute Gasteiger partial charge is 0.310 e. The molecule has 12 rings (SSSR count). The van der Waals surface area contributed by atoms with Crippen LogP contribution in [0.5, 0.6) is 0 Å². The summed E-state index contributed by atoms with van der Waals surface area (Å²) in [5, 5.41) is 2.53. The predicted molar refractivity (Wildman–Crippen MR) is 179 cm³/mol. The molecule has 200 valence electrons. The summed E-state index contributed by atoms with van der Waals surface area (Å²) < 4.78 is 7.38. The Morgan fingerprint density at radius 3 is 1.77 bits per heavy atom. The highest BCUT2D eigenvalue weighted by Gasteiger charge is 2.46. The summed E-state index contributed by atoms with van der Waals surface area (Å²) in [4.78, 5) is 10.7. The van der Waals surface area contributed by atoms with Gasteiger partial charge in [0.15, 0.2) is 0 Å². The van der Waals surface area contributed by atoms with Gasteiger partial charge >= 0.3 is 0 Å². The van der Waals surface area contributed by atoms with E-state index < -0.39 is 0 Å². The Labute approximate surface area is 251 Å². The highest BCUT2D eigenvalue weighted by Crippen LogP contribution is 2.43. The van der Waals surface area contributed by atoms with E-state index in [2.05, 4.69) is 135 Å². The molecule has 3 aliphatic heterocycles. The molecule has 5 nitrogen and oxygen atoms in total. The van der Waals surface area contributed by atoms with Gasteiger partial charge < -0.3 is 4.57 Å². The van der Waals surface area contributed by atoms with E-state index in [0.29, 0.717) is 0 Å². The van der Waals surface area contributed by atoms with Gasteiger partial charge in [0.05, 0.1) is 33.1 Å². The number of rotatable bonds is 2. The highest BCUT2D eigenvalue weighted by molar-refractivity contribution is 7.02. The SMILES string of the molecule is c1ccc(-c2nc3ccc4c5c3n2-c2cccc3c2B5c2c5c(cc6c7ccccc7n-4c26)nc(-c2ccccc2)n5-3)cc1. The van der Waals surface area contributed by atoms with Crippen LogP contribution in [-0.2, 0) is 0 Å². The van der Waals surface area contributed by atoms with E-state index in [-0.39, 0.29) is 6.71 Å². The van der Waals surface area contributed by atoms with Crippen LogP contribution in [-0.4, -0.2) is 30.4 Å². The first kappa shape index (κ1) is 21.8. The van der Waals surface area contributed by atoms with Crippen molar-refractivity contribution in [2.75, 3.05) is 0 Å². The van der Waals surface area contributed by atoms with Crippen molar-refractivity contribution in [3.63, 3.8) is 0 Å². The Morgan fingerprint density at radius 1 is 0.432 bits per heavy atom. The smallest absolute Gasteiger partial charge is 0.257 e. The summed E-state index contributed by atoms with van der Waals surface area (Å²) in [6.07, 6.45) is 0. The average Bonchev–Trinajstić information content (AvgIpc) is 3.77. The first-order valence-corrected chi connectivity index (χ1v) is 15.2. The molecule has 0 atom stereocenters. The molecule has 0 bridgehead atoms. The van der Waals surface area contributed by atoms with Gasteiger partial charge in [0.2, 0.25) is 0 Å². The molecular weight excluding hydrogens is 537 g/mol. The zero-order chi connectivity index (χ0) is 28.3. The standard InChI is InChI=1S/C38H20BN5/c1-3-10-21(11-4-1)37-40-25-18-19-30-32-35(25)43(37)28-16-9-17-29-31(28)39(32)33-34-24(23-14-7-8-15-27(23)42(30)34)20-26-36(33)44(29)38(41-26)22-12-5-2-6-13-22/h1-20H. The van der Waals surface area contributed by atoms with Gasteiger partial charge in [-0.3, -0.25) is 9.13 Å². The molecule has 6 heteroatoms. The van der Waals surface area contributed by atoms with Crippen LogP contribution in [0.15, 0.2) is 121 Å². The lowest BCUT2D eigenvalue weighted by molar-refractivity contribution is 1.07. The van der Waals surface area contributed by atoms with Crippen molar-refractivity contribution in [3.05, 3.63) is 121 Å². The molecule has 0 saturated carbocycles. The van der Waals surface area contributed by atoms with E-state index in [0.717, 1.165) is 33.8 Å². The fraction of sp³-hybridized carbons (Fsp3) is 0. The molecular formula is C38H20BN5. The van der Waals surface area contributed by atoms with Crippen LogP contribution < -0.4 is 16.4 Å². The lowest BCUT2D eigenvalue weighted by Crippen LogP contribution is -2.62. The molecule has 0 radical (unpaired) electrons. The number of benzene rings is 6. The van der Waals surface area contributed by atoms with E-state index >= 15 is 0 Å². The van der Waals surface area contributed by atoms with Crippen molar-refractivity contribution >= 4 is 67.0 Å². The number of imidazole rings is 2. The van der Waals surface area contributed by atoms with Gasteiger partial charge in [0.1, 0.15) is 11.6 Å². The van der Waals surface area contributed by atoms with E-state index in [1.807, 2.05) is 0 Å². The summed E-state index contributed by atoms with van der Waals surface area (Å²) in [7, 11) is 0. The highest BCUT2D eigenvalue weighted by atomic mass is 15.1. The summed E-state index contributed by atoms with van der Waals surface area (Å²) in [5.74, 6) is 1.96. The molecule has 0 spiro atoms. The van der Waals surface area contributed by atoms with E-state index in [1.165, 1.54) is 66.3 Å². The Morgan fingerprint density at radius 2 is 1.05 bits per heavy atom. The third-order valence-corrected chi connectivity index (χ3v) is 10.2. The minimum Gasteiger partial charge on any atom is -0.310 e. The third-order valence-electron chi connectivity index (χ3n) is 10.2. The van der Waals surface area contributed by atoms with Crippen LogP contribution in [0.1, 0.15) is 0 Å². The summed E-state index contributed by atoms with van der Waals surface area (Å²) in [6.45, 7) is 0.0866. The lowest BCUT2D eigenvalue weighted by atomic mass is 9.33. The molecule has 0 unspecified atom stereocenters. The topological polar surface area (TPSA) is 40.6 Å². The predicted octanol–water partition coefficient (Wildman–Crippen LogP) is 6.25. The van der Waals surface area contributed by atoms with Crippen molar-refractivity contribution in [1.82, 2.24) is 23.7 Å². The molecule has 0 saturated heterocycles. The molecule has 6 heterocycles. The molecule has 3 aromatic heterocycles. The fourth-order valence-corrected chi connectivity index (χ4v) is 8.60. The Hall–Kier alpha value is -5.88. The maximum absolute atomic E-state index is 5.41. The summed E-state index contributed by atoms with van der Waals surface area (Å²) in [5.41, 5.74) is 16.9. The van der Waals surface area contributed by atoms with Gasteiger partial charge in [-0.25, -0.2) is 9.97 Å². The molecule has 9 aromatic rings. The Bertz CT molecular complexity index is 2770. The average molecular weight is 557 g/mol. The van der Waals surface area contributed by atoms with Crippen molar-refractivity contribution in [1.29, 1.82) is 0 Å². The second-order valence-corrected chi connectivity index (χ2v) is 12.2. The number of hydrogen-bond acceptors (Lipinski definition) is 2. The van der Waals surface area contributed by atoms with Crippen molar-refractivity contribution in [2.24, 2.45) is 0 Å². The van der Waals surface area contributed by atoms with Crippen LogP contribution in [0.2, 0.25) is 0 Å². The molecule has 3 aliphatic rings. The number of nitrogens with zero attached hydrogens (tertiary/aromatic N) is 5. The zero-order valence-electron chi connectivity index (χ0n) is 23.4. The van der Waals surface area contributed by atoms with Gasteiger partial charge in [-0.2, -0.15) is 0 Å². The van der Waals surface area contributed by atoms with Crippen LogP contribution >= 0.6 is 0 Å². The van der Waals surface area contributed by atoms with Gasteiger partial charge in [0, 0.05) is 39.0 Å². The summed E-state index contributed by atoms with van der Waals surface area (Å²) >= 11 is 0. The van der Waals surface area contributed by atoms with E-state index in [1.54, 1.807) is 0 Å². The van der Waals surface area contributed by atoms with Crippen LogP contribution in [0.25, 0.3) is 83.7 Å². The maximum Gasteiger partial charge on any atom is 0.257 e. The number of hydrogen-bond donors (Lipinski definition) is 0. The summed E-state index contributed by atoms with van der Waals surface area (Å²) in [6, 6.07) is 43.7. The molecule has 0 amide bonds. The van der Waals surface area contributed by atoms with E-state index in [9.17, 15) is 0 Å². The molecule has 0 aliphatic carbocycles. The van der Waals surface area contributed by atoms with Crippen molar-refractivity contribution in [3.8, 4) is 39.8 Å². The maximum atomic E-state index is 5.41. The zero-order valence-corrected chi connectivity index (χ0v) is 23.4. The monoisotopic (exact) mass is 557 g/mol. The second-order valence-electron chi connectivity index (χ2n) is 12.2. The number of fused-ring (bicyclic) bond motifs is 6. The second kappa shape index (κ2) is 7.18. The van der Waals surface area contributed by atoms with Crippen molar-refractivity contribution in [2.45, 2.75) is 0 Å². The van der Waals surface area contributed by atoms with Gasteiger partial charge in [0.25, 0.3) is 6.71 Å². The van der Waals surface area contributed by atoms with Crippen LogP contribution in [0.3, 0.4) is 0 Å². The van der Waals surface area contributed by atoms with E-state index in [4.69, 9.17) is 9.97 Å². The number of aromatic nitrogens is 5. The number of para-hydroxylation sites is 1. The van der Waals surface area contributed by atoms with Gasteiger partial charge in [-0.05, 0) is 52.8 Å². The first-order chi connectivity index (χ1) is 21.9. The molecule has 6 aromatic carbocycles. The molecule has 0 fully saturated rings. The molecule has 0 N–H and O–H groups in total. The molecule has 44 heavy (non-hydrogen) atoms. The quantitative estimate of drug-likeness (QED) is 0.236. The third kappa shape index (κ3) is 2.27.